The highest BCUT2D eigenvalue weighted by molar-refractivity contribution is 6.00. The van der Waals surface area contributed by atoms with Gasteiger partial charge in [-0.3, -0.25) is 9.59 Å². The Morgan fingerprint density at radius 2 is 1.46 bits per heavy atom. The zero-order chi connectivity index (χ0) is 19.1. The second-order valence-corrected chi connectivity index (χ2v) is 6.18. The number of nitrogens with zero attached hydrogens (tertiary/aromatic N) is 2. The van der Waals surface area contributed by atoms with Crippen molar-refractivity contribution >= 4 is 11.8 Å². The normalized spacial score (nSPS) is 14.2. The summed E-state index contributed by atoms with van der Waals surface area (Å²) in [4.78, 5) is 28.7. The molecule has 144 valence electrons. The first-order valence-corrected chi connectivity index (χ1v) is 8.92. The van der Waals surface area contributed by atoms with Crippen LogP contribution in [0.1, 0.15) is 36.5 Å². The molecule has 1 aliphatic rings. The van der Waals surface area contributed by atoms with Gasteiger partial charge >= 0.3 is 0 Å². The second-order valence-electron chi connectivity index (χ2n) is 6.18. The third kappa shape index (κ3) is 4.39. The van der Waals surface area contributed by atoms with Gasteiger partial charge in [-0.05, 0) is 6.42 Å². The van der Waals surface area contributed by atoms with Gasteiger partial charge in [0.15, 0.2) is 0 Å². The molecule has 0 spiro atoms. The summed E-state index contributed by atoms with van der Waals surface area (Å²) in [6.07, 6.45) is 2.48. The Balaban J connectivity index is 2.12. The molecule has 26 heavy (non-hydrogen) atoms. The second kappa shape index (κ2) is 9.31. The van der Waals surface area contributed by atoms with E-state index in [1.807, 2.05) is 4.90 Å². The van der Waals surface area contributed by atoms with Crippen LogP contribution in [0, 0.1) is 0 Å². The Bertz CT molecular complexity index is 614. The first-order chi connectivity index (χ1) is 12.5. The average Bonchev–Trinajstić information content (AvgIpc) is 2.70. The van der Waals surface area contributed by atoms with Gasteiger partial charge in [0, 0.05) is 44.7 Å². The maximum atomic E-state index is 13.0. The van der Waals surface area contributed by atoms with E-state index >= 15 is 0 Å². The van der Waals surface area contributed by atoms with E-state index in [-0.39, 0.29) is 11.8 Å². The molecule has 1 aliphatic heterocycles. The summed E-state index contributed by atoms with van der Waals surface area (Å²) < 4.78 is 16.0. The van der Waals surface area contributed by atoms with Crippen LogP contribution in [-0.2, 0) is 4.79 Å². The molecule has 0 unspecified atom stereocenters. The van der Waals surface area contributed by atoms with Crippen LogP contribution in [0.25, 0.3) is 0 Å². The number of unbranched alkanes of at least 4 members (excludes halogenated alkanes) is 1. The SMILES string of the molecule is CCCCC(=O)N1CCN(C(=O)c2c(OC)cc(OC)cc2OC)CC1. The van der Waals surface area contributed by atoms with Gasteiger partial charge in [0.25, 0.3) is 5.91 Å². The lowest BCUT2D eigenvalue weighted by molar-refractivity contribution is -0.132. The fourth-order valence-corrected chi connectivity index (χ4v) is 3.02. The number of amides is 2. The highest BCUT2D eigenvalue weighted by Crippen LogP contribution is 2.35. The number of carbonyl (C=O) groups is 2. The van der Waals surface area contributed by atoms with Crippen molar-refractivity contribution in [3.05, 3.63) is 17.7 Å². The summed E-state index contributed by atoms with van der Waals surface area (Å²) in [5, 5.41) is 0. The molecular formula is C19H28N2O5. The molecule has 0 radical (unpaired) electrons. The van der Waals surface area contributed by atoms with Gasteiger partial charge in [-0.2, -0.15) is 0 Å². The van der Waals surface area contributed by atoms with Gasteiger partial charge in [-0.25, -0.2) is 0 Å². The van der Waals surface area contributed by atoms with Crippen LogP contribution in [-0.4, -0.2) is 69.1 Å². The molecule has 0 bridgehead atoms. The number of hydrogen-bond donors (Lipinski definition) is 0. The maximum Gasteiger partial charge on any atom is 0.261 e. The fourth-order valence-electron chi connectivity index (χ4n) is 3.02. The molecule has 0 aliphatic carbocycles. The quantitative estimate of drug-likeness (QED) is 0.742. The molecule has 0 aromatic heterocycles. The van der Waals surface area contributed by atoms with Crippen LogP contribution in [0.5, 0.6) is 17.2 Å². The zero-order valence-corrected chi connectivity index (χ0v) is 16.0. The van der Waals surface area contributed by atoms with Gasteiger partial charge in [0.2, 0.25) is 5.91 Å². The smallest absolute Gasteiger partial charge is 0.261 e. The summed E-state index contributed by atoms with van der Waals surface area (Å²) >= 11 is 0. The van der Waals surface area contributed by atoms with Crippen LogP contribution in [0.4, 0.5) is 0 Å². The van der Waals surface area contributed by atoms with E-state index in [0.29, 0.717) is 55.4 Å². The van der Waals surface area contributed by atoms with E-state index in [1.165, 1.54) is 14.2 Å². The molecule has 1 aromatic carbocycles. The maximum absolute atomic E-state index is 13.0. The van der Waals surface area contributed by atoms with Crippen LogP contribution in [0.3, 0.4) is 0 Å². The number of benzene rings is 1. The van der Waals surface area contributed by atoms with Crippen LogP contribution < -0.4 is 14.2 Å². The Labute approximate surface area is 154 Å². The minimum Gasteiger partial charge on any atom is -0.496 e. The average molecular weight is 364 g/mol. The lowest BCUT2D eigenvalue weighted by Gasteiger charge is -2.35. The van der Waals surface area contributed by atoms with E-state index in [0.717, 1.165) is 12.8 Å². The minimum atomic E-state index is -0.165. The Morgan fingerprint density at radius 1 is 0.923 bits per heavy atom. The summed E-state index contributed by atoms with van der Waals surface area (Å²) in [5.74, 6) is 1.38. The minimum absolute atomic E-state index is 0.165. The lowest BCUT2D eigenvalue weighted by atomic mass is 10.1. The van der Waals surface area contributed by atoms with Crippen molar-refractivity contribution in [2.75, 3.05) is 47.5 Å². The molecule has 0 atom stereocenters. The van der Waals surface area contributed by atoms with Crippen molar-refractivity contribution in [3.8, 4) is 17.2 Å². The molecule has 0 saturated carbocycles. The standard InChI is InChI=1S/C19H28N2O5/c1-5-6-7-17(22)20-8-10-21(11-9-20)19(23)18-15(25-3)12-14(24-2)13-16(18)26-4/h12-13H,5-11H2,1-4H3. The number of methoxy groups -OCH3 is 3. The first kappa shape index (κ1) is 19.9. The molecule has 7 heteroatoms. The number of carbonyl (C=O) groups excluding carboxylic acids is 2. The van der Waals surface area contributed by atoms with Gasteiger partial charge in [0.1, 0.15) is 22.8 Å². The van der Waals surface area contributed by atoms with E-state index in [4.69, 9.17) is 14.2 Å². The number of ether oxygens (including phenoxy) is 3. The van der Waals surface area contributed by atoms with Gasteiger partial charge < -0.3 is 24.0 Å². The van der Waals surface area contributed by atoms with Crippen LogP contribution in [0.15, 0.2) is 12.1 Å². The Morgan fingerprint density at radius 3 is 1.92 bits per heavy atom. The predicted molar refractivity (Wildman–Crippen MR) is 98.1 cm³/mol. The predicted octanol–water partition coefficient (Wildman–Crippen LogP) is 2.19. The summed E-state index contributed by atoms with van der Waals surface area (Å²) in [6, 6.07) is 3.33. The topological polar surface area (TPSA) is 68.3 Å². The molecule has 7 nitrogen and oxygen atoms in total. The van der Waals surface area contributed by atoms with Crippen molar-refractivity contribution in [2.24, 2.45) is 0 Å². The third-order valence-corrected chi connectivity index (χ3v) is 4.59. The Kier molecular flexibility index (Phi) is 7.12. The fraction of sp³-hybridized carbons (Fsp3) is 0.579. The van der Waals surface area contributed by atoms with Crippen molar-refractivity contribution in [1.29, 1.82) is 0 Å². The zero-order valence-electron chi connectivity index (χ0n) is 16.0. The first-order valence-electron chi connectivity index (χ1n) is 8.92. The lowest BCUT2D eigenvalue weighted by Crippen LogP contribution is -2.50. The van der Waals surface area contributed by atoms with Crippen LogP contribution >= 0.6 is 0 Å². The van der Waals surface area contributed by atoms with Crippen molar-refractivity contribution in [3.63, 3.8) is 0 Å². The van der Waals surface area contributed by atoms with E-state index in [2.05, 4.69) is 6.92 Å². The molecule has 2 rings (SSSR count). The highest BCUT2D eigenvalue weighted by atomic mass is 16.5. The molecule has 1 heterocycles. The van der Waals surface area contributed by atoms with E-state index < -0.39 is 0 Å². The van der Waals surface area contributed by atoms with Crippen molar-refractivity contribution in [2.45, 2.75) is 26.2 Å². The highest BCUT2D eigenvalue weighted by Gasteiger charge is 2.29. The summed E-state index contributed by atoms with van der Waals surface area (Å²) in [7, 11) is 4.56. The van der Waals surface area contributed by atoms with E-state index in [1.54, 1.807) is 24.1 Å². The number of hydrogen-bond acceptors (Lipinski definition) is 5. The largest absolute Gasteiger partial charge is 0.496 e. The van der Waals surface area contributed by atoms with Crippen molar-refractivity contribution < 1.29 is 23.8 Å². The summed E-state index contributed by atoms with van der Waals surface area (Å²) in [6.45, 7) is 4.16. The number of piperazine rings is 1. The molecule has 1 saturated heterocycles. The monoisotopic (exact) mass is 364 g/mol. The number of rotatable bonds is 7. The van der Waals surface area contributed by atoms with Gasteiger partial charge in [-0.1, -0.05) is 13.3 Å². The summed E-state index contributed by atoms with van der Waals surface area (Å²) in [5.41, 5.74) is 0.376. The van der Waals surface area contributed by atoms with Gasteiger partial charge in [-0.15, -0.1) is 0 Å². The van der Waals surface area contributed by atoms with Crippen molar-refractivity contribution in [1.82, 2.24) is 9.80 Å². The van der Waals surface area contributed by atoms with Gasteiger partial charge in [0.05, 0.1) is 21.3 Å². The molecule has 0 N–H and O–H groups in total. The molecular weight excluding hydrogens is 336 g/mol. The molecule has 2 amide bonds. The Hall–Kier alpha value is -2.44. The third-order valence-electron chi connectivity index (χ3n) is 4.59. The molecule has 1 aromatic rings. The molecule has 1 fully saturated rings. The van der Waals surface area contributed by atoms with E-state index in [9.17, 15) is 9.59 Å². The van der Waals surface area contributed by atoms with Crippen LogP contribution in [0.2, 0.25) is 0 Å².